The molecular formula is C21H21F4N5O2. The van der Waals surface area contributed by atoms with Gasteiger partial charge >= 0.3 is 0 Å². The Bertz CT molecular complexity index is 1070. The molecule has 32 heavy (non-hydrogen) atoms. The lowest BCUT2D eigenvalue weighted by Gasteiger charge is -2.28. The molecule has 0 aliphatic carbocycles. The second-order valence-corrected chi connectivity index (χ2v) is 7.10. The van der Waals surface area contributed by atoms with Gasteiger partial charge in [-0.3, -0.25) is 4.79 Å². The number of likely N-dealkylation sites (N-methyl/N-ethyl adjacent to an activating group) is 1. The standard InChI is InChI=1S/C21H21F4N5O2/c1-4-29(13(2)12-32-17-8-5-14(11-26-17)21(3,24)25)20(31)15-6-7-16(22)18(23)19(15)30-27-9-10-28-30/h5-11,13H,4,12H2,1-3H3/t13-/m0/s1. The summed E-state index contributed by atoms with van der Waals surface area (Å²) in [7, 11) is 0. The van der Waals surface area contributed by atoms with Gasteiger partial charge in [-0.1, -0.05) is 0 Å². The van der Waals surface area contributed by atoms with Gasteiger partial charge in [0.15, 0.2) is 11.6 Å². The molecule has 7 nitrogen and oxygen atoms in total. The summed E-state index contributed by atoms with van der Waals surface area (Å²) in [5.41, 5.74) is -0.771. The van der Waals surface area contributed by atoms with Crippen molar-refractivity contribution in [3.05, 3.63) is 65.6 Å². The van der Waals surface area contributed by atoms with E-state index < -0.39 is 35.2 Å². The number of alkyl halides is 2. The van der Waals surface area contributed by atoms with E-state index in [0.717, 1.165) is 24.0 Å². The molecule has 0 unspecified atom stereocenters. The number of benzene rings is 1. The third-order valence-electron chi connectivity index (χ3n) is 4.77. The highest BCUT2D eigenvalue weighted by Crippen LogP contribution is 2.27. The average Bonchev–Trinajstić information content (AvgIpc) is 3.28. The van der Waals surface area contributed by atoms with Crippen LogP contribution in [0.5, 0.6) is 5.88 Å². The second kappa shape index (κ2) is 9.33. The van der Waals surface area contributed by atoms with Gasteiger partial charge in [0, 0.05) is 31.3 Å². The highest BCUT2D eigenvalue weighted by atomic mass is 19.3. The number of carbonyl (C=O) groups is 1. The van der Waals surface area contributed by atoms with Crippen LogP contribution in [0.4, 0.5) is 17.6 Å². The van der Waals surface area contributed by atoms with Gasteiger partial charge in [-0.2, -0.15) is 10.2 Å². The molecule has 0 N–H and O–H groups in total. The Hall–Kier alpha value is -3.50. The van der Waals surface area contributed by atoms with Crippen molar-refractivity contribution in [1.29, 1.82) is 0 Å². The lowest BCUT2D eigenvalue weighted by Crippen LogP contribution is -2.42. The number of pyridine rings is 1. The molecular weight excluding hydrogens is 430 g/mol. The number of ether oxygens (including phenoxy) is 1. The summed E-state index contributed by atoms with van der Waals surface area (Å²) >= 11 is 0. The van der Waals surface area contributed by atoms with Gasteiger partial charge in [0.1, 0.15) is 12.3 Å². The molecule has 0 spiro atoms. The Labute approximate surface area is 181 Å². The highest BCUT2D eigenvalue weighted by molar-refractivity contribution is 5.98. The number of halogens is 4. The molecule has 170 valence electrons. The summed E-state index contributed by atoms with van der Waals surface area (Å²) in [6.45, 7) is 4.41. The molecule has 1 amide bonds. The van der Waals surface area contributed by atoms with E-state index in [-0.39, 0.29) is 30.2 Å². The van der Waals surface area contributed by atoms with Crippen LogP contribution in [0.1, 0.15) is 36.7 Å². The molecule has 11 heteroatoms. The molecule has 2 heterocycles. The Balaban J connectivity index is 1.78. The molecule has 0 bridgehead atoms. The van der Waals surface area contributed by atoms with E-state index in [9.17, 15) is 22.4 Å². The summed E-state index contributed by atoms with van der Waals surface area (Å²) in [6.07, 6.45) is 3.58. The maximum Gasteiger partial charge on any atom is 0.272 e. The van der Waals surface area contributed by atoms with Crippen molar-refractivity contribution < 1.29 is 27.1 Å². The molecule has 0 saturated carbocycles. The third kappa shape index (κ3) is 4.87. The van der Waals surface area contributed by atoms with Crippen molar-refractivity contribution in [1.82, 2.24) is 24.9 Å². The number of amides is 1. The summed E-state index contributed by atoms with van der Waals surface area (Å²) in [5, 5.41) is 7.61. The number of hydrogen-bond donors (Lipinski definition) is 0. The van der Waals surface area contributed by atoms with E-state index in [0.29, 0.717) is 0 Å². The zero-order valence-corrected chi connectivity index (χ0v) is 17.6. The zero-order valence-electron chi connectivity index (χ0n) is 17.6. The Morgan fingerprint density at radius 2 is 1.88 bits per heavy atom. The lowest BCUT2D eigenvalue weighted by molar-refractivity contribution is 0.0169. The molecule has 0 aliphatic rings. The van der Waals surface area contributed by atoms with Gasteiger partial charge in [0.25, 0.3) is 11.8 Å². The monoisotopic (exact) mass is 451 g/mol. The summed E-state index contributed by atoms with van der Waals surface area (Å²) < 4.78 is 60.5. The first-order valence-electron chi connectivity index (χ1n) is 9.76. The second-order valence-electron chi connectivity index (χ2n) is 7.10. The van der Waals surface area contributed by atoms with Gasteiger partial charge in [-0.15, -0.1) is 4.80 Å². The molecule has 0 aliphatic heterocycles. The number of rotatable bonds is 8. The first kappa shape index (κ1) is 23.2. The van der Waals surface area contributed by atoms with Gasteiger partial charge in [0.2, 0.25) is 5.88 Å². The molecule has 3 rings (SSSR count). The summed E-state index contributed by atoms with van der Waals surface area (Å²) in [5.74, 6) is -5.87. The highest BCUT2D eigenvalue weighted by Gasteiger charge is 2.28. The first-order valence-corrected chi connectivity index (χ1v) is 9.76. The predicted octanol–water partition coefficient (Wildman–Crippen LogP) is 3.98. The van der Waals surface area contributed by atoms with Gasteiger partial charge in [0.05, 0.1) is 24.0 Å². The molecule has 0 fully saturated rings. The van der Waals surface area contributed by atoms with Crippen molar-refractivity contribution >= 4 is 5.91 Å². The quantitative estimate of drug-likeness (QED) is 0.485. The van der Waals surface area contributed by atoms with Crippen LogP contribution in [0.2, 0.25) is 0 Å². The van der Waals surface area contributed by atoms with E-state index in [4.69, 9.17) is 4.74 Å². The zero-order chi connectivity index (χ0) is 23.5. The summed E-state index contributed by atoms with van der Waals surface area (Å²) in [4.78, 5) is 19.3. The molecule has 0 saturated heterocycles. The van der Waals surface area contributed by atoms with E-state index in [1.807, 2.05) is 0 Å². The van der Waals surface area contributed by atoms with Crippen LogP contribution in [-0.4, -0.2) is 50.0 Å². The van der Waals surface area contributed by atoms with Crippen LogP contribution in [0.15, 0.2) is 42.9 Å². The van der Waals surface area contributed by atoms with Gasteiger partial charge in [-0.05, 0) is 32.0 Å². The summed E-state index contributed by atoms with van der Waals surface area (Å²) in [6, 6.07) is 4.04. The number of nitrogens with zero attached hydrogens (tertiary/aromatic N) is 5. The van der Waals surface area contributed by atoms with Crippen molar-refractivity contribution in [2.75, 3.05) is 13.2 Å². The Morgan fingerprint density at radius 1 is 1.19 bits per heavy atom. The van der Waals surface area contributed by atoms with E-state index in [1.165, 1.54) is 35.5 Å². The maximum absolute atomic E-state index is 14.5. The van der Waals surface area contributed by atoms with Crippen LogP contribution in [0.3, 0.4) is 0 Å². The SMILES string of the molecule is CCN(C(=O)c1ccc(F)c(F)c1-n1nccn1)[C@@H](C)COc1ccc(C(C)(F)F)cn1. The largest absolute Gasteiger partial charge is 0.475 e. The Morgan fingerprint density at radius 3 is 2.44 bits per heavy atom. The van der Waals surface area contributed by atoms with E-state index >= 15 is 0 Å². The number of hydrogen-bond acceptors (Lipinski definition) is 5. The lowest BCUT2D eigenvalue weighted by atomic mass is 10.1. The van der Waals surface area contributed by atoms with Crippen molar-refractivity contribution in [3.63, 3.8) is 0 Å². The molecule has 0 radical (unpaired) electrons. The van der Waals surface area contributed by atoms with E-state index in [1.54, 1.807) is 13.8 Å². The molecule has 1 atom stereocenters. The van der Waals surface area contributed by atoms with Crippen LogP contribution in [-0.2, 0) is 5.92 Å². The topological polar surface area (TPSA) is 73.1 Å². The van der Waals surface area contributed by atoms with Crippen molar-refractivity contribution in [2.45, 2.75) is 32.7 Å². The molecule has 3 aromatic rings. The van der Waals surface area contributed by atoms with Crippen LogP contribution < -0.4 is 4.74 Å². The number of carbonyl (C=O) groups excluding carboxylic acids is 1. The molecule has 1 aromatic carbocycles. The minimum Gasteiger partial charge on any atom is -0.475 e. The first-order chi connectivity index (χ1) is 15.1. The van der Waals surface area contributed by atoms with Crippen LogP contribution in [0.25, 0.3) is 5.69 Å². The third-order valence-corrected chi connectivity index (χ3v) is 4.77. The van der Waals surface area contributed by atoms with Crippen LogP contribution in [0, 0.1) is 11.6 Å². The minimum absolute atomic E-state index is 0.00647. The van der Waals surface area contributed by atoms with Crippen LogP contribution >= 0.6 is 0 Å². The minimum atomic E-state index is -3.02. The smallest absolute Gasteiger partial charge is 0.272 e. The van der Waals surface area contributed by atoms with Crippen molar-refractivity contribution in [3.8, 4) is 11.6 Å². The average molecular weight is 451 g/mol. The maximum atomic E-state index is 14.5. The Kier molecular flexibility index (Phi) is 6.75. The van der Waals surface area contributed by atoms with Gasteiger partial charge < -0.3 is 9.64 Å². The normalized spacial score (nSPS) is 12.5. The fourth-order valence-corrected chi connectivity index (χ4v) is 3.07. The number of aromatic nitrogens is 4. The fourth-order valence-electron chi connectivity index (χ4n) is 3.07. The fraction of sp³-hybridized carbons (Fsp3) is 0.333. The van der Waals surface area contributed by atoms with Gasteiger partial charge in [-0.25, -0.2) is 22.5 Å². The van der Waals surface area contributed by atoms with E-state index in [2.05, 4.69) is 15.2 Å². The van der Waals surface area contributed by atoms with Crippen molar-refractivity contribution in [2.24, 2.45) is 0 Å². The predicted molar refractivity (Wildman–Crippen MR) is 107 cm³/mol. The molecule has 2 aromatic heterocycles.